The van der Waals surface area contributed by atoms with E-state index in [9.17, 15) is 9.90 Å². The second-order valence-corrected chi connectivity index (χ2v) is 6.44. The topological polar surface area (TPSA) is 49.3 Å². The molecule has 0 radical (unpaired) electrons. The number of rotatable bonds is 3. The first-order chi connectivity index (χ1) is 9.56. The number of amides is 1. The van der Waals surface area contributed by atoms with Crippen molar-refractivity contribution < 1.29 is 9.90 Å². The average molecular weight is 308 g/mol. The van der Waals surface area contributed by atoms with Crippen molar-refractivity contribution in [3.63, 3.8) is 0 Å². The Bertz CT molecular complexity index is 654. The number of benzene rings is 1. The molecule has 1 aliphatic heterocycles. The summed E-state index contributed by atoms with van der Waals surface area (Å²) in [6, 6.07) is 7.47. The maximum atomic E-state index is 11.8. The summed E-state index contributed by atoms with van der Waals surface area (Å²) in [4.78, 5) is 12.9. The Balaban J connectivity index is 1.98. The molecule has 2 N–H and O–H groups in total. The van der Waals surface area contributed by atoms with Gasteiger partial charge in [-0.15, -0.1) is 11.3 Å². The van der Waals surface area contributed by atoms with E-state index in [0.717, 1.165) is 16.1 Å². The molecule has 3 rings (SSSR count). The minimum Gasteiger partial charge on any atom is -0.388 e. The molecular weight excluding hydrogens is 294 g/mol. The highest BCUT2D eigenvalue weighted by Crippen LogP contribution is 2.40. The Morgan fingerprint density at radius 2 is 2.30 bits per heavy atom. The van der Waals surface area contributed by atoms with Crippen LogP contribution in [0.1, 0.15) is 34.9 Å². The summed E-state index contributed by atoms with van der Waals surface area (Å²) >= 11 is 7.72. The highest BCUT2D eigenvalue weighted by atomic mass is 35.5. The van der Waals surface area contributed by atoms with E-state index in [1.54, 1.807) is 23.5 Å². The number of hydrogen-bond donors (Lipinski definition) is 2. The van der Waals surface area contributed by atoms with E-state index in [1.165, 1.54) is 0 Å². The van der Waals surface area contributed by atoms with Gasteiger partial charge in [-0.3, -0.25) is 4.79 Å². The van der Waals surface area contributed by atoms with Gasteiger partial charge in [-0.2, -0.15) is 0 Å². The van der Waals surface area contributed by atoms with Gasteiger partial charge >= 0.3 is 0 Å². The predicted molar refractivity (Wildman–Crippen MR) is 81.5 cm³/mol. The molecule has 2 heterocycles. The van der Waals surface area contributed by atoms with Gasteiger partial charge in [-0.1, -0.05) is 17.7 Å². The van der Waals surface area contributed by atoms with Crippen LogP contribution in [0, 0.1) is 0 Å². The van der Waals surface area contributed by atoms with Crippen molar-refractivity contribution >= 4 is 34.5 Å². The van der Waals surface area contributed by atoms with Crippen LogP contribution in [-0.4, -0.2) is 11.0 Å². The number of carbonyl (C=O) groups is 1. The van der Waals surface area contributed by atoms with Crippen molar-refractivity contribution in [3.8, 4) is 0 Å². The molecule has 2 aromatic rings. The van der Waals surface area contributed by atoms with Gasteiger partial charge in [0.15, 0.2) is 0 Å². The molecule has 2 unspecified atom stereocenters. The lowest BCUT2D eigenvalue weighted by Gasteiger charge is -2.15. The number of halogens is 1. The Labute approximate surface area is 126 Å². The third-order valence-electron chi connectivity index (χ3n) is 3.61. The van der Waals surface area contributed by atoms with Gasteiger partial charge in [-0.05, 0) is 36.1 Å². The van der Waals surface area contributed by atoms with Gasteiger partial charge in [-0.25, -0.2) is 0 Å². The Kier molecular flexibility index (Phi) is 3.54. The lowest BCUT2D eigenvalue weighted by molar-refractivity contribution is -0.116. The monoisotopic (exact) mass is 307 g/mol. The van der Waals surface area contributed by atoms with Gasteiger partial charge in [0.1, 0.15) is 0 Å². The fourth-order valence-electron chi connectivity index (χ4n) is 2.50. The second kappa shape index (κ2) is 5.20. The normalized spacial score (nSPS) is 18.8. The molecule has 1 aliphatic rings. The molecular formula is C15H14ClNO2S. The van der Waals surface area contributed by atoms with Gasteiger partial charge in [0.2, 0.25) is 5.91 Å². The summed E-state index contributed by atoms with van der Waals surface area (Å²) in [5.41, 5.74) is 2.28. The Morgan fingerprint density at radius 1 is 1.50 bits per heavy atom. The van der Waals surface area contributed by atoms with Crippen LogP contribution in [0.5, 0.6) is 0 Å². The molecule has 0 saturated heterocycles. The van der Waals surface area contributed by atoms with Crippen LogP contribution in [-0.2, 0) is 11.2 Å². The van der Waals surface area contributed by atoms with E-state index in [4.69, 9.17) is 11.6 Å². The van der Waals surface area contributed by atoms with Crippen LogP contribution in [0.25, 0.3) is 0 Å². The third kappa shape index (κ3) is 2.35. The average Bonchev–Trinajstić information content (AvgIpc) is 3.00. The van der Waals surface area contributed by atoms with E-state index < -0.39 is 6.10 Å². The molecule has 0 saturated carbocycles. The molecule has 0 bridgehead atoms. The van der Waals surface area contributed by atoms with Crippen molar-refractivity contribution in [2.75, 3.05) is 5.32 Å². The lowest BCUT2D eigenvalue weighted by atomic mass is 9.96. The number of aliphatic hydroxyl groups is 1. The van der Waals surface area contributed by atoms with E-state index >= 15 is 0 Å². The van der Waals surface area contributed by atoms with Crippen LogP contribution in [0.3, 0.4) is 0 Å². The molecule has 1 amide bonds. The number of carbonyl (C=O) groups excluding carboxylic acids is 1. The van der Waals surface area contributed by atoms with Gasteiger partial charge in [0, 0.05) is 21.9 Å². The molecule has 1 aromatic carbocycles. The minimum absolute atomic E-state index is 0.0492. The fraction of sp³-hybridized carbons (Fsp3) is 0.267. The maximum absolute atomic E-state index is 11.8. The van der Waals surface area contributed by atoms with Gasteiger partial charge < -0.3 is 10.4 Å². The van der Waals surface area contributed by atoms with E-state index in [0.29, 0.717) is 17.0 Å². The lowest BCUT2D eigenvalue weighted by Crippen LogP contribution is -2.10. The van der Waals surface area contributed by atoms with Crippen LogP contribution in [0.4, 0.5) is 5.69 Å². The van der Waals surface area contributed by atoms with Crippen molar-refractivity contribution in [2.45, 2.75) is 25.4 Å². The van der Waals surface area contributed by atoms with Gasteiger partial charge in [0.05, 0.1) is 17.7 Å². The number of nitrogens with one attached hydrogen (secondary N) is 1. The molecule has 104 valence electrons. The van der Waals surface area contributed by atoms with Crippen LogP contribution in [0.15, 0.2) is 29.6 Å². The first-order valence-electron chi connectivity index (χ1n) is 6.41. The Hall–Kier alpha value is -1.36. The van der Waals surface area contributed by atoms with Crippen molar-refractivity contribution in [2.24, 2.45) is 0 Å². The molecule has 0 fully saturated rings. The molecule has 2 atom stereocenters. The van der Waals surface area contributed by atoms with E-state index in [-0.39, 0.29) is 11.8 Å². The van der Waals surface area contributed by atoms with E-state index in [1.807, 2.05) is 24.4 Å². The quantitative estimate of drug-likeness (QED) is 0.907. The van der Waals surface area contributed by atoms with Crippen LogP contribution in [0.2, 0.25) is 5.02 Å². The standard InChI is InChI=1S/C15H14ClNO2S/c1-8-11-5-9(16)6-12(14(11)17-15(8)19)13(18)7-10-3-2-4-20-10/h2-6,8,13,18H,7H2,1H3,(H,17,19). The predicted octanol–water partition coefficient (Wildman–Crippen LogP) is 3.73. The number of anilines is 1. The minimum atomic E-state index is -0.674. The third-order valence-corrected chi connectivity index (χ3v) is 4.72. The zero-order valence-electron chi connectivity index (χ0n) is 10.9. The summed E-state index contributed by atoms with van der Waals surface area (Å²) in [5, 5.41) is 15.8. The Morgan fingerprint density at radius 3 is 3.00 bits per heavy atom. The van der Waals surface area contributed by atoms with Crippen molar-refractivity contribution in [3.05, 3.63) is 50.7 Å². The highest BCUT2D eigenvalue weighted by molar-refractivity contribution is 7.09. The molecule has 0 aliphatic carbocycles. The summed E-state index contributed by atoms with van der Waals surface area (Å²) in [6.07, 6.45) is -0.152. The first kappa shape index (κ1) is 13.6. The number of thiophene rings is 1. The summed E-state index contributed by atoms with van der Waals surface area (Å²) in [5.74, 6) is -0.275. The first-order valence-corrected chi connectivity index (χ1v) is 7.66. The SMILES string of the molecule is CC1C(=O)Nc2c(C(O)Cc3cccs3)cc(Cl)cc21. The van der Waals surface area contributed by atoms with E-state index in [2.05, 4.69) is 5.32 Å². The van der Waals surface area contributed by atoms with Crippen LogP contribution >= 0.6 is 22.9 Å². The second-order valence-electron chi connectivity index (χ2n) is 4.97. The largest absolute Gasteiger partial charge is 0.388 e. The smallest absolute Gasteiger partial charge is 0.231 e. The highest BCUT2D eigenvalue weighted by Gasteiger charge is 2.30. The summed E-state index contributed by atoms with van der Waals surface area (Å²) < 4.78 is 0. The number of aliphatic hydroxyl groups excluding tert-OH is 1. The van der Waals surface area contributed by atoms with Gasteiger partial charge in [0.25, 0.3) is 0 Å². The molecule has 20 heavy (non-hydrogen) atoms. The zero-order valence-corrected chi connectivity index (χ0v) is 12.5. The van der Waals surface area contributed by atoms with Crippen molar-refractivity contribution in [1.82, 2.24) is 0 Å². The molecule has 5 heteroatoms. The summed E-state index contributed by atoms with van der Waals surface area (Å²) in [7, 11) is 0. The summed E-state index contributed by atoms with van der Waals surface area (Å²) in [6.45, 7) is 1.84. The number of fused-ring (bicyclic) bond motifs is 1. The number of hydrogen-bond acceptors (Lipinski definition) is 3. The molecule has 3 nitrogen and oxygen atoms in total. The van der Waals surface area contributed by atoms with Crippen LogP contribution < -0.4 is 5.32 Å². The molecule has 0 spiro atoms. The maximum Gasteiger partial charge on any atom is 0.231 e. The van der Waals surface area contributed by atoms with Crippen molar-refractivity contribution in [1.29, 1.82) is 0 Å². The molecule has 1 aromatic heterocycles. The fourth-order valence-corrected chi connectivity index (χ4v) is 3.48. The zero-order chi connectivity index (χ0) is 14.3.